The zero-order chi connectivity index (χ0) is 15.0. The van der Waals surface area contributed by atoms with Crippen molar-refractivity contribution in [2.24, 2.45) is 5.41 Å². The third-order valence-electron chi connectivity index (χ3n) is 4.11. The van der Waals surface area contributed by atoms with Gasteiger partial charge in [-0.05, 0) is 31.1 Å². The highest BCUT2D eigenvalue weighted by molar-refractivity contribution is 5.73. The molecular weight excluding hydrogens is 250 g/mol. The normalized spacial score (nSPS) is 17.2. The maximum absolute atomic E-state index is 11.8. The zero-order valence-electron chi connectivity index (χ0n) is 13.9. The van der Waals surface area contributed by atoms with Crippen LogP contribution < -0.4 is 0 Å². The van der Waals surface area contributed by atoms with Gasteiger partial charge in [0.1, 0.15) is 0 Å². The van der Waals surface area contributed by atoms with Crippen molar-refractivity contribution >= 4 is 5.91 Å². The van der Waals surface area contributed by atoms with Crippen molar-refractivity contribution in [1.82, 2.24) is 4.90 Å². The Balaban J connectivity index is 2.18. The van der Waals surface area contributed by atoms with Crippen LogP contribution in [0.15, 0.2) is 0 Å². The van der Waals surface area contributed by atoms with Gasteiger partial charge in [0.25, 0.3) is 0 Å². The van der Waals surface area contributed by atoms with E-state index in [4.69, 9.17) is 4.74 Å². The summed E-state index contributed by atoms with van der Waals surface area (Å²) >= 11 is 0. The summed E-state index contributed by atoms with van der Waals surface area (Å²) in [5.74, 6) is 0.228. The van der Waals surface area contributed by atoms with Crippen molar-refractivity contribution in [3.63, 3.8) is 0 Å². The topological polar surface area (TPSA) is 29.5 Å². The highest BCUT2D eigenvalue weighted by Gasteiger charge is 2.22. The highest BCUT2D eigenvalue weighted by atomic mass is 16.5. The minimum absolute atomic E-state index is 0.228. The summed E-state index contributed by atoms with van der Waals surface area (Å²) in [4.78, 5) is 13.9. The Hall–Kier alpha value is -0.570. The molecule has 118 valence electrons. The van der Waals surface area contributed by atoms with Gasteiger partial charge in [0, 0.05) is 32.7 Å². The van der Waals surface area contributed by atoms with E-state index in [1.807, 2.05) is 0 Å². The smallest absolute Gasteiger partial charge is 0.219 e. The van der Waals surface area contributed by atoms with Gasteiger partial charge >= 0.3 is 0 Å². The van der Waals surface area contributed by atoms with Crippen LogP contribution in [0.25, 0.3) is 0 Å². The SMILES string of the molecule is CC(=O)N(CCCCCCC(C)(C)C)C1CCOCC1. The van der Waals surface area contributed by atoms with Crippen LogP contribution in [0.2, 0.25) is 0 Å². The summed E-state index contributed by atoms with van der Waals surface area (Å²) in [5.41, 5.74) is 0.452. The van der Waals surface area contributed by atoms with Crippen LogP contribution in [0.5, 0.6) is 0 Å². The molecule has 0 atom stereocenters. The lowest BCUT2D eigenvalue weighted by Crippen LogP contribution is -2.42. The number of rotatable bonds is 7. The third kappa shape index (κ3) is 7.28. The monoisotopic (exact) mass is 283 g/mol. The second kappa shape index (κ2) is 8.66. The quantitative estimate of drug-likeness (QED) is 0.661. The minimum atomic E-state index is 0.228. The Labute approximate surface area is 125 Å². The molecule has 0 aromatic heterocycles. The summed E-state index contributed by atoms with van der Waals surface area (Å²) < 4.78 is 5.38. The summed E-state index contributed by atoms with van der Waals surface area (Å²) in [6.45, 7) is 11.1. The first-order valence-electron chi connectivity index (χ1n) is 8.25. The van der Waals surface area contributed by atoms with Crippen LogP contribution in [-0.4, -0.2) is 36.6 Å². The first-order chi connectivity index (χ1) is 9.40. The number of unbranched alkanes of at least 4 members (excludes halogenated alkanes) is 3. The Bertz CT molecular complexity index is 277. The molecule has 0 bridgehead atoms. The molecule has 1 heterocycles. The number of nitrogens with zero attached hydrogens (tertiary/aromatic N) is 1. The lowest BCUT2D eigenvalue weighted by molar-refractivity contribution is -0.133. The number of hydrogen-bond acceptors (Lipinski definition) is 2. The van der Waals surface area contributed by atoms with Crippen LogP contribution >= 0.6 is 0 Å². The molecule has 20 heavy (non-hydrogen) atoms. The minimum Gasteiger partial charge on any atom is -0.381 e. The van der Waals surface area contributed by atoms with Crippen LogP contribution in [-0.2, 0) is 9.53 Å². The van der Waals surface area contributed by atoms with Crippen molar-refractivity contribution in [3.05, 3.63) is 0 Å². The van der Waals surface area contributed by atoms with Gasteiger partial charge in [-0.25, -0.2) is 0 Å². The van der Waals surface area contributed by atoms with E-state index in [1.54, 1.807) is 6.92 Å². The third-order valence-corrected chi connectivity index (χ3v) is 4.11. The molecule has 0 aromatic rings. The molecule has 0 aromatic carbocycles. The molecule has 1 aliphatic rings. The van der Waals surface area contributed by atoms with Crippen molar-refractivity contribution in [1.29, 1.82) is 0 Å². The maximum atomic E-state index is 11.8. The fourth-order valence-electron chi connectivity index (χ4n) is 2.88. The second-order valence-corrected chi connectivity index (χ2v) is 7.28. The summed E-state index contributed by atoms with van der Waals surface area (Å²) in [5, 5.41) is 0. The number of carbonyl (C=O) groups is 1. The van der Waals surface area contributed by atoms with Crippen LogP contribution in [0.3, 0.4) is 0 Å². The van der Waals surface area contributed by atoms with Crippen molar-refractivity contribution in [3.8, 4) is 0 Å². The summed E-state index contributed by atoms with van der Waals surface area (Å²) in [7, 11) is 0. The predicted molar refractivity (Wildman–Crippen MR) is 83.8 cm³/mol. The van der Waals surface area contributed by atoms with E-state index in [0.717, 1.165) is 39.0 Å². The van der Waals surface area contributed by atoms with Gasteiger partial charge in [-0.3, -0.25) is 4.79 Å². The molecule has 1 rings (SSSR count). The Kier molecular flexibility index (Phi) is 7.57. The molecule has 3 nitrogen and oxygen atoms in total. The standard InChI is InChI=1S/C17H33NO2/c1-15(19)18(16-9-13-20-14-10-16)12-8-6-5-7-11-17(2,3)4/h16H,5-14H2,1-4H3. The number of ether oxygens (including phenoxy) is 1. The lowest BCUT2D eigenvalue weighted by atomic mass is 9.89. The first-order valence-corrected chi connectivity index (χ1v) is 8.25. The van der Waals surface area contributed by atoms with Crippen molar-refractivity contribution in [2.45, 2.75) is 78.7 Å². The van der Waals surface area contributed by atoms with Gasteiger partial charge in [-0.15, -0.1) is 0 Å². The van der Waals surface area contributed by atoms with Gasteiger partial charge in [0.15, 0.2) is 0 Å². The lowest BCUT2D eigenvalue weighted by Gasteiger charge is -2.33. The van der Waals surface area contributed by atoms with Gasteiger partial charge < -0.3 is 9.64 Å². The Morgan fingerprint density at radius 3 is 2.25 bits per heavy atom. The van der Waals surface area contributed by atoms with Crippen LogP contribution in [0, 0.1) is 5.41 Å². The van der Waals surface area contributed by atoms with Gasteiger partial charge in [-0.1, -0.05) is 40.0 Å². The molecule has 1 aliphatic heterocycles. The van der Waals surface area contributed by atoms with Gasteiger partial charge in [0.2, 0.25) is 5.91 Å². The van der Waals surface area contributed by atoms with E-state index in [-0.39, 0.29) is 5.91 Å². The van der Waals surface area contributed by atoms with E-state index >= 15 is 0 Å². The van der Waals surface area contributed by atoms with E-state index in [2.05, 4.69) is 25.7 Å². The fourth-order valence-corrected chi connectivity index (χ4v) is 2.88. The molecule has 0 radical (unpaired) electrons. The molecule has 0 N–H and O–H groups in total. The average molecular weight is 283 g/mol. The molecule has 0 aliphatic carbocycles. The Morgan fingerprint density at radius 2 is 1.70 bits per heavy atom. The molecule has 0 saturated carbocycles. The van der Waals surface area contributed by atoms with Crippen molar-refractivity contribution < 1.29 is 9.53 Å². The molecule has 3 heteroatoms. The van der Waals surface area contributed by atoms with E-state index < -0.39 is 0 Å². The molecular formula is C17H33NO2. The number of hydrogen-bond donors (Lipinski definition) is 0. The summed E-state index contributed by atoms with van der Waals surface area (Å²) in [6.07, 6.45) is 8.28. The van der Waals surface area contributed by atoms with E-state index in [1.165, 1.54) is 25.7 Å². The molecule has 1 fully saturated rings. The van der Waals surface area contributed by atoms with E-state index in [9.17, 15) is 4.79 Å². The Morgan fingerprint density at radius 1 is 1.10 bits per heavy atom. The second-order valence-electron chi connectivity index (χ2n) is 7.28. The maximum Gasteiger partial charge on any atom is 0.219 e. The van der Waals surface area contributed by atoms with E-state index in [0.29, 0.717) is 11.5 Å². The molecule has 0 spiro atoms. The van der Waals surface area contributed by atoms with Crippen LogP contribution in [0.4, 0.5) is 0 Å². The molecule has 1 amide bonds. The largest absolute Gasteiger partial charge is 0.381 e. The fraction of sp³-hybridized carbons (Fsp3) is 0.941. The number of amides is 1. The number of carbonyl (C=O) groups excluding carboxylic acids is 1. The predicted octanol–water partition coefficient (Wildman–Crippen LogP) is 4.01. The van der Waals surface area contributed by atoms with Crippen molar-refractivity contribution in [2.75, 3.05) is 19.8 Å². The molecule has 0 unspecified atom stereocenters. The zero-order valence-corrected chi connectivity index (χ0v) is 13.9. The van der Waals surface area contributed by atoms with Gasteiger partial charge in [-0.2, -0.15) is 0 Å². The highest BCUT2D eigenvalue weighted by Crippen LogP contribution is 2.22. The summed E-state index contributed by atoms with van der Waals surface area (Å²) in [6, 6.07) is 0.413. The van der Waals surface area contributed by atoms with Crippen LogP contribution in [0.1, 0.15) is 72.6 Å². The van der Waals surface area contributed by atoms with Gasteiger partial charge in [0.05, 0.1) is 0 Å². The molecule has 1 saturated heterocycles. The average Bonchev–Trinajstić information content (AvgIpc) is 2.37. The first kappa shape index (κ1) is 17.5.